The van der Waals surface area contributed by atoms with E-state index < -0.39 is 23.4 Å². The van der Waals surface area contributed by atoms with E-state index in [-0.39, 0.29) is 53.9 Å². The number of aromatic amines is 1. The lowest BCUT2D eigenvalue weighted by Crippen LogP contribution is -2.46. The molecule has 0 bridgehead atoms. The average molecular weight is 913 g/mol. The molecule has 0 spiro atoms. The molecule has 67 heavy (non-hydrogen) atoms. The molecule has 0 aliphatic carbocycles. The molecule has 1 fully saturated rings. The van der Waals surface area contributed by atoms with E-state index >= 15 is 0 Å². The third-order valence-electron chi connectivity index (χ3n) is 13.5. The molecule has 17 heteroatoms. The van der Waals surface area contributed by atoms with Crippen molar-refractivity contribution in [3.63, 3.8) is 0 Å². The topological polar surface area (TPSA) is 209 Å². The minimum atomic E-state index is -1.89. The molecule has 9 rings (SSSR count). The van der Waals surface area contributed by atoms with Crippen LogP contribution in [0.2, 0.25) is 0 Å². The van der Waals surface area contributed by atoms with E-state index in [2.05, 4.69) is 20.0 Å². The fourth-order valence-corrected chi connectivity index (χ4v) is 9.81. The normalized spacial score (nSPS) is 17.1. The molecule has 4 N–H and O–H groups in total. The van der Waals surface area contributed by atoms with Gasteiger partial charge in [0.15, 0.2) is 11.4 Å². The fraction of sp³-hybridized carbons (Fsp3) is 0.400. The number of pyridine rings is 2. The molecule has 1 atom stereocenters. The van der Waals surface area contributed by atoms with Crippen LogP contribution in [0.4, 0.5) is 4.79 Å². The number of nitrogens with zero attached hydrogens (tertiary/aromatic N) is 7. The second-order valence-corrected chi connectivity index (χ2v) is 18.1. The average Bonchev–Trinajstić information content (AvgIpc) is 3.88. The Hall–Kier alpha value is -6.82. The molecule has 0 radical (unpaired) electrons. The van der Waals surface area contributed by atoms with Crippen LogP contribution in [0, 0.1) is 0 Å². The number of benzene rings is 3. The van der Waals surface area contributed by atoms with Gasteiger partial charge in [0.25, 0.3) is 5.56 Å². The molecule has 350 valence electrons. The van der Waals surface area contributed by atoms with E-state index in [9.17, 15) is 34.5 Å². The summed E-state index contributed by atoms with van der Waals surface area (Å²) in [4.78, 5) is 64.1. The van der Waals surface area contributed by atoms with Crippen molar-refractivity contribution in [2.45, 2.75) is 84.6 Å². The van der Waals surface area contributed by atoms with Crippen molar-refractivity contribution in [3.05, 3.63) is 115 Å². The molecule has 17 nitrogen and oxygen atoms in total. The molecule has 1 saturated heterocycles. The lowest BCUT2D eigenvalue weighted by molar-refractivity contribution is -0.172. The summed E-state index contributed by atoms with van der Waals surface area (Å²) in [6.07, 6.45) is 1.60. The van der Waals surface area contributed by atoms with Gasteiger partial charge in [0.2, 0.25) is 0 Å². The Bertz CT molecular complexity index is 3020. The minimum Gasteiger partial charge on any atom is -0.508 e. The molecule has 3 aromatic heterocycles. The number of carbonyl (C=O) groups is 2. The Balaban J connectivity index is 0.780. The van der Waals surface area contributed by atoms with Crippen molar-refractivity contribution in [3.8, 4) is 45.7 Å². The van der Waals surface area contributed by atoms with E-state index in [1.165, 1.54) is 10.6 Å². The van der Waals surface area contributed by atoms with Gasteiger partial charge in [-0.15, -0.1) is 0 Å². The van der Waals surface area contributed by atoms with Gasteiger partial charge in [0.1, 0.15) is 23.9 Å². The van der Waals surface area contributed by atoms with E-state index in [0.29, 0.717) is 64.4 Å². The number of H-pyrrole nitrogens is 1. The van der Waals surface area contributed by atoms with Gasteiger partial charge in [-0.25, -0.2) is 29.0 Å². The zero-order valence-corrected chi connectivity index (χ0v) is 38.5. The second-order valence-electron chi connectivity index (χ2n) is 18.1. The van der Waals surface area contributed by atoms with Crippen molar-refractivity contribution in [2.75, 3.05) is 46.3 Å². The highest BCUT2D eigenvalue weighted by molar-refractivity contribution is 5.90. The van der Waals surface area contributed by atoms with Crippen LogP contribution in [0.1, 0.15) is 86.3 Å². The van der Waals surface area contributed by atoms with Gasteiger partial charge in [-0.1, -0.05) is 46.2 Å². The number of aromatic nitrogens is 5. The number of hydrogen-bond acceptors (Lipinski definition) is 13. The number of rotatable bonds is 13. The third-order valence-corrected chi connectivity index (χ3v) is 13.5. The number of amides is 1. The van der Waals surface area contributed by atoms with E-state index in [1.54, 1.807) is 34.7 Å². The number of phenols is 2. The second kappa shape index (κ2) is 18.1. The zero-order chi connectivity index (χ0) is 47.3. The molecule has 0 unspecified atom stereocenters. The number of esters is 1. The highest BCUT2D eigenvalue weighted by Crippen LogP contribution is 2.42. The Kier molecular flexibility index (Phi) is 12.3. The van der Waals surface area contributed by atoms with E-state index in [1.807, 2.05) is 64.1 Å². The maximum absolute atomic E-state index is 13.8. The van der Waals surface area contributed by atoms with E-state index in [4.69, 9.17) is 14.5 Å². The van der Waals surface area contributed by atoms with Gasteiger partial charge < -0.3 is 39.2 Å². The lowest BCUT2D eigenvalue weighted by Gasteiger charge is -2.35. The minimum absolute atomic E-state index is 0.00630. The first-order valence-electron chi connectivity index (χ1n) is 23.0. The summed E-state index contributed by atoms with van der Waals surface area (Å²) in [5.41, 5.74) is 4.34. The molecule has 1 amide bonds. The molecule has 6 heterocycles. The van der Waals surface area contributed by atoms with Gasteiger partial charge in [-0.3, -0.25) is 9.69 Å². The van der Waals surface area contributed by atoms with E-state index in [0.717, 1.165) is 67.8 Å². The number of carbonyl (C=O) groups excluding carboxylic acids is 2. The number of aliphatic hydroxyl groups is 1. The monoisotopic (exact) mass is 912 g/mol. The van der Waals surface area contributed by atoms with Crippen molar-refractivity contribution >= 4 is 23.0 Å². The van der Waals surface area contributed by atoms with Crippen LogP contribution >= 0.6 is 0 Å². The summed E-state index contributed by atoms with van der Waals surface area (Å²) in [6.45, 7) is 13.5. The number of hydrogen-bond donors (Lipinski definition) is 4. The van der Waals surface area contributed by atoms with Crippen LogP contribution in [0.25, 0.3) is 39.4 Å². The summed E-state index contributed by atoms with van der Waals surface area (Å²) in [5.74, 6) is -0.292. The maximum Gasteiger partial charge on any atom is 0.414 e. The molecular weight excluding hydrogens is 857 g/mol. The highest BCUT2D eigenvalue weighted by Gasteiger charge is 2.46. The fourth-order valence-electron chi connectivity index (χ4n) is 9.81. The van der Waals surface area contributed by atoms with Gasteiger partial charge >= 0.3 is 17.8 Å². The number of fused-ring (bicyclic) bond motifs is 5. The molecular formula is C50H56N8O9. The van der Waals surface area contributed by atoms with Gasteiger partial charge in [0, 0.05) is 68.9 Å². The van der Waals surface area contributed by atoms with Crippen molar-refractivity contribution < 1.29 is 34.4 Å². The quantitative estimate of drug-likeness (QED) is 0.102. The largest absolute Gasteiger partial charge is 0.508 e. The summed E-state index contributed by atoms with van der Waals surface area (Å²) in [5, 5.41) is 40.0. The first kappa shape index (κ1) is 45.3. The Morgan fingerprint density at radius 2 is 1.70 bits per heavy atom. The molecule has 3 aliphatic heterocycles. The number of aryl methyl sites for hydroxylation is 1. The van der Waals surface area contributed by atoms with Crippen LogP contribution in [-0.4, -0.2) is 113 Å². The lowest BCUT2D eigenvalue weighted by atomic mass is 9.84. The summed E-state index contributed by atoms with van der Waals surface area (Å²) in [6, 6.07) is 17.7. The Labute approximate surface area is 386 Å². The maximum atomic E-state index is 13.8. The molecule has 0 saturated carbocycles. The van der Waals surface area contributed by atoms with Gasteiger partial charge in [0.05, 0.1) is 40.3 Å². The predicted molar refractivity (Wildman–Crippen MR) is 251 cm³/mol. The summed E-state index contributed by atoms with van der Waals surface area (Å²) in [7, 11) is 1.73. The van der Waals surface area contributed by atoms with Crippen LogP contribution in [0.15, 0.2) is 70.3 Å². The summed E-state index contributed by atoms with van der Waals surface area (Å²) < 4.78 is 14.2. The Morgan fingerprint density at radius 1 is 0.955 bits per heavy atom. The third kappa shape index (κ3) is 8.36. The number of piperazine rings is 1. The standard InChI is InChI=1S/C50H56N8O9/c1-6-15-50(65)39-24-41-44-37(27-57(41)46(61)38(39)28-66-47(50)62)33(7-2)35-22-32(13-14-40(35)51-44)67-49(64)54(5)16-8-17-55-18-20-56(21-19-55)26-30-9-11-31(12-10-30)58-45(52-53-48(58)63)36-23-34(29(3)4)42(59)25-43(36)60/h9-14,22-25,29,59-60,65H,6-8,15-21,26-28H2,1-5H3,(H,53,63)/t50-/m0/s1. The van der Waals surface area contributed by atoms with Crippen LogP contribution in [-0.2, 0) is 41.2 Å². The summed E-state index contributed by atoms with van der Waals surface area (Å²) >= 11 is 0. The molecule has 3 aliphatic rings. The SMILES string of the molecule is CCC[C@@]1(O)C(=O)OCc2c1cc1n(c2=O)Cc2c-1nc1ccc(OC(=O)N(C)CCCN3CCN(Cc4ccc(-n5c(-c6cc(C(C)C)c(O)cc6O)n[nH]c5=O)cc4)CC3)cc1c2CC. The number of phenolic OH excluding ortho intramolecular Hbond substituents is 2. The highest BCUT2D eigenvalue weighted by atomic mass is 16.6. The smallest absolute Gasteiger partial charge is 0.414 e. The number of nitrogens with one attached hydrogen (secondary N) is 1. The molecule has 6 aromatic rings. The first-order valence-corrected chi connectivity index (χ1v) is 23.0. The van der Waals surface area contributed by atoms with Crippen molar-refractivity contribution in [1.82, 2.24) is 39.0 Å². The first-order chi connectivity index (χ1) is 32.2. The number of aromatic hydroxyl groups is 2. The van der Waals surface area contributed by atoms with Crippen LogP contribution in [0.5, 0.6) is 17.2 Å². The Morgan fingerprint density at radius 3 is 2.42 bits per heavy atom. The van der Waals surface area contributed by atoms with Gasteiger partial charge in [-0.2, -0.15) is 5.10 Å². The number of ether oxygens (including phenoxy) is 2. The van der Waals surface area contributed by atoms with Crippen LogP contribution < -0.4 is 16.0 Å². The van der Waals surface area contributed by atoms with Crippen molar-refractivity contribution in [2.24, 2.45) is 0 Å². The zero-order valence-electron chi connectivity index (χ0n) is 38.5. The molecule has 3 aromatic carbocycles. The number of cyclic esters (lactones) is 1. The van der Waals surface area contributed by atoms with Crippen LogP contribution in [0.3, 0.4) is 0 Å². The van der Waals surface area contributed by atoms with Gasteiger partial charge in [-0.05, 0) is 90.9 Å². The predicted octanol–water partition coefficient (Wildman–Crippen LogP) is 5.75. The van der Waals surface area contributed by atoms with Crippen molar-refractivity contribution in [1.29, 1.82) is 0 Å².